The van der Waals surface area contributed by atoms with E-state index in [4.69, 9.17) is 27.0 Å². The van der Waals surface area contributed by atoms with Gasteiger partial charge in [0.25, 0.3) is 0 Å². The Morgan fingerprint density at radius 2 is 2.18 bits per heavy atom. The summed E-state index contributed by atoms with van der Waals surface area (Å²) in [6.45, 7) is 1.93. The first kappa shape index (κ1) is 14.2. The number of thiocyanates is 1. The molecule has 3 nitrogen and oxygen atoms in total. The highest BCUT2D eigenvalue weighted by Gasteiger charge is 2.29. The number of thiocarbonyl (C=S) groups is 1. The third-order valence-corrected chi connectivity index (χ3v) is 2.71. The Morgan fingerprint density at radius 3 is 2.71 bits per heavy atom. The molecule has 1 aromatic carbocycles. The van der Waals surface area contributed by atoms with Crippen LogP contribution in [0.5, 0.6) is 5.75 Å². The third kappa shape index (κ3) is 5.31. The summed E-state index contributed by atoms with van der Waals surface area (Å²) in [4.78, 5) is -0.858. The first-order valence-corrected chi connectivity index (χ1v) is 6.40. The fourth-order valence-electron chi connectivity index (χ4n) is 1.09. The number of benzene rings is 1. The van der Waals surface area contributed by atoms with E-state index < -0.39 is 4.93 Å². The van der Waals surface area contributed by atoms with Crippen LogP contribution in [0.3, 0.4) is 0 Å². The Kier molecular flexibility index (Phi) is 5.62. The molecule has 0 saturated carbocycles. The number of ether oxygens (including phenoxy) is 2. The van der Waals surface area contributed by atoms with Crippen LogP contribution in [0.15, 0.2) is 30.3 Å². The molecule has 0 N–H and O–H groups in total. The van der Waals surface area contributed by atoms with Crippen LogP contribution in [0.1, 0.15) is 6.92 Å². The van der Waals surface area contributed by atoms with Crippen LogP contribution in [0.25, 0.3) is 0 Å². The molecule has 0 spiro atoms. The van der Waals surface area contributed by atoms with Crippen molar-refractivity contribution in [2.24, 2.45) is 0 Å². The zero-order valence-electron chi connectivity index (χ0n) is 9.12. The molecule has 1 rings (SSSR count). The van der Waals surface area contributed by atoms with E-state index in [9.17, 15) is 0 Å². The van der Waals surface area contributed by atoms with Crippen molar-refractivity contribution in [3.63, 3.8) is 0 Å². The minimum atomic E-state index is -0.858. The van der Waals surface area contributed by atoms with E-state index in [1.165, 1.54) is 0 Å². The van der Waals surface area contributed by atoms with Crippen molar-refractivity contribution in [1.82, 2.24) is 0 Å². The van der Waals surface area contributed by atoms with Crippen LogP contribution < -0.4 is 4.74 Å². The summed E-state index contributed by atoms with van der Waals surface area (Å²) in [5.74, 6) is 0.714. The summed E-state index contributed by atoms with van der Waals surface area (Å²) in [5, 5.41) is 10.7. The second-order valence-electron chi connectivity index (χ2n) is 3.30. The lowest BCUT2D eigenvalue weighted by Crippen LogP contribution is -2.32. The summed E-state index contributed by atoms with van der Waals surface area (Å²) in [5.41, 5.74) is 0. The molecule has 90 valence electrons. The lowest BCUT2D eigenvalue weighted by molar-refractivity contribution is 0.112. The monoisotopic (exact) mass is 285 g/mol. The van der Waals surface area contributed by atoms with Gasteiger partial charge >= 0.3 is 0 Å². The van der Waals surface area contributed by atoms with Crippen LogP contribution in [-0.4, -0.2) is 15.9 Å². The summed E-state index contributed by atoms with van der Waals surface area (Å²) in [6.07, 6.45) is 0. The number of rotatable bonds is 5. The molecule has 0 aliphatic carbocycles. The second kappa shape index (κ2) is 6.74. The maximum atomic E-state index is 8.72. The number of nitrogens with zero attached hydrogens (tertiary/aromatic N) is 1. The molecule has 0 bridgehead atoms. The van der Waals surface area contributed by atoms with Gasteiger partial charge in [-0.1, -0.05) is 30.8 Å². The van der Waals surface area contributed by atoms with E-state index in [2.05, 4.69) is 12.6 Å². The molecule has 0 aliphatic rings. The van der Waals surface area contributed by atoms with Crippen LogP contribution in [0.2, 0.25) is 0 Å². The predicted octanol–water partition coefficient (Wildman–Crippen LogP) is 3.23. The van der Waals surface area contributed by atoms with Crippen molar-refractivity contribution in [2.75, 3.05) is 6.61 Å². The van der Waals surface area contributed by atoms with Crippen LogP contribution in [0, 0.1) is 10.7 Å². The summed E-state index contributed by atoms with van der Waals surface area (Å²) >= 11 is 9.60. The fraction of sp³-hybridized carbons (Fsp3) is 0.273. The van der Waals surface area contributed by atoms with E-state index in [0.717, 1.165) is 11.8 Å². The van der Waals surface area contributed by atoms with Gasteiger partial charge in [-0.15, -0.1) is 0 Å². The van der Waals surface area contributed by atoms with Crippen molar-refractivity contribution in [2.45, 2.75) is 11.9 Å². The van der Waals surface area contributed by atoms with Crippen molar-refractivity contribution >= 4 is 41.0 Å². The molecule has 1 unspecified atom stereocenters. The summed E-state index contributed by atoms with van der Waals surface area (Å²) < 4.78 is 10.9. The second-order valence-corrected chi connectivity index (χ2v) is 5.63. The highest BCUT2D eigenvalue weighted by Crippen LogP contribution is 2.27. The molecule has 17 heavy (non-hydrogen) atoms. The molecule has 0 amide bonds. The molecule has 0 aliphatic heterocycles. The van der Waals surface area contributed by atoms with Crippen molar-refractivity contribution < 1.29 is 9.47 Å². The Hall–Kier alpha value is -0.900. The molecule has 1 atom stereocenters. The minimum absolute atomic E-state index is 0.0897. The Labute approximate surface area is 116 Å². The number of thioether (sulfide) groups is 1. The van der Waals surface area contributed by atoms with E-state index in [1.807, 2.05) is 35.7 Å². The normalized spacial score (nSPS) is 13.2. The molecule has 1 aromatic rings. The van der Waals surface area contributed by atoms with Gasteiger partial charge in [0.15, 0.2) is 0 Å². The van der Waals surface area contributed by atoms with Crippen molar-refractivity contribution in [1.29, 1.82) is 5.26 Å². The quantitative estimate of drug-likeness (QED) is 0.389. The number of nitriles is 1. The Bertz CT molecular complexity index is 418. The predicted molar refractivity (Wildman–Crippen MR) is 76.2 cm³/mol. The molecule has 0 heterocycles. The number of thiol groups is 1. The third-order valence-electron chi connectivity index (χ3n) is 1.81. The van der Waals surface area contributed by atoms with Gasteiger partial charge in [-0.2, -0.15) is 5.26 Å². The molecule has 0 aromatic heterocycles. The van der Waals surface area contributed by atoms with Crippen molar-refractivity contribution in [3.05, 3.63) is 30.3 Å². The first-order chi connectivity index (χ1) is 8.06. The van der Waals surface area contributed by atoms with E-state index in [-0.39, 0.29) is 11.0 Å². The van der Waals surface area contributed by atoms with E-state index >= 15 is 0 Å². The largest absolute Gasteiger partial charge is 0.488 e. The smallest absolute Gasteiger partial charge is 0.218 e. The van der Waals surface area contributed by atoms with E-state index in [0.29, 0.717) is 5.75 Å². The molecule has 6 heteroatoms. The lowest BCUT2D eigenvalue weighted by Gasteiger charge is -2.25. The van der Waals surface area contributed by atoms with Gasteiger partial charge in [-0.3, -0.25) is 0 Å². The molecule has 0 fully saturated rings. The highest BCUT2D eigenvalue weighted by atomic mass is 32.2. The average molecular weight is 285 g/mol. The van der Waals surface area contributed by atoms with Crippen molar-refractivity contribution in [3.8, 4) is 11.2 Å². The van der Waals surface area contributed by atoms with Crippen LogP contribution >= 0.6 is 36.6 Å². The summed E-state index contributed by atoms with van der Waals surface area (Å²) in [6, 6.07) is 9.30. The fourth-order valence-corrected chi connectivity index (χ4v) is 2.03. The van der Waals surface area contributed by atoms with Gasteiger partial charge in [0.05, 0.1) is 0 Å². The molecule has 0 saturated heterocycles. The topological polar surface area (TPSA) is 42.2 Å². The van der Waals surface area contributed by atoms with Gasteiger partial charge in [-0.25, -0.2) is 0 Å². The van der Waals surface area contributed by atoms with Crippen LogP contribution in [-0.2, 0) is 4.74 Å². The molecular formula is C11H11NO2S3. The van der Waals surface area contributed by atoms with Gasteiger partial charge in [-0.05, 0) is 31.3 Å². The number of hydrogen-bond acceptors (Lipinski definition) is 5. The Balaban J connectivity index is 2.62. The lowest BCUT2D eigenvalue weighted by atomic mass is 10.3. The maximum absolute atomic E-state index is 8.72. The minimum Gasteiger partial charge on any atom is -0.488 e. The Morgan fingerprint density at radius 1 is 1.53 bits per heavy atom. The zero-order chi connectivity index (χ0) is 12.7. The maximum Gasteiger partial charge on any atom is 0.218 e. The average Bonchev–Trinajstić information content (AvgIpc) is 2.27. The molecular weight excluding hydrogens is 274 g/mol. The SMILES string of the molecule is CC(COc1ccccc1)(OC(=S)S)SC#N. The standard InChI is InChI=1S/C11H11NO2S3/c1-11(17-8-12,14-10(15)16)7-13-9-5-3-2-4-6-9/h2-6H,7H2,1H3,(H,15,16). The van der Waals surface area contributed by atoms with Gasteiger partial charge in [0.2, 0.25) is 9.32 Å². The van der Waals surface area contributed by atoms with Crippen LogP contribution in [0.4, 0.5) is 0 Å². The zero-order valence-corrected chi connectivity index (χ0v) is 11.6. The number of para-hydroxylation sites is 1. The summed E-state index contributed by atoms with van der Waals surface area (Å²) in [7, 11) is 0. The van der Waals surface area contributed by atoms with Gasteiger partial charge in [0, 0.05) is 11.8 Å². The molecule has 0 radical (unpaired) electrons. The first-order valence-electron chi connectivity index (χ1n) is 4.72. The van der Waals surface area contributed by atoms with E-state index in [1.54, 1.807) is 6.92 Å². The van der Waals surface area contributed by atoms with Gasteiger partial charge < -0.3 is 9.47 Å². The van der Waals surface area contributed by atoms with Gasteiger partial charge in [0.1, 0.15) is 17.8 Å². The highest BCUT2D eigenvalue weighted by molar-refractivity contribution is 8.10. The number of hydrogen-bond donors (Lipinski definition) is 1.